The fourth-order valence-corrected chi connectivity index (χ4v) is 3.32. The monoisotopic (exact) mass is 400 g/mol. The third kappa shape index (κ3) is 3.63. The highest BCUT2D eigenvalue weighted by atomic mass is 19.1. The summed E-state index contributed by atoms with van der Waals surface area (Å²) in [6, 6.07) is 19.3. The van der Waals surface area contributed by atoms with Crippen molar-refractivity contribution in [1.29, 1.82) is 0 Å². The second kappa shape index (κ2) is 7.75. The molecule has 0 unspecified atom stereocenters. The van der Waals surface area contributed by atoms with E-state index in [1.165, 1.54) is 25.1 Å². The number of Topliss-reactive ketones (excluding diaryl/α,β-unsaturated/α-hetero) is 2. The van der Waals surface area contributed by atoms with E-state index in [-0.39, 0.29) is 11.5 Å². The van der Waals surface area contributed by atoms with Gasteiger partial charge in [-0.15, -0.1) is 0 Å². The predicted molar refractivity (Wildman–Crippen MR) is 112 cm³/mol. The van der Waals surface area contributed by atoms with E-state index in [0.29, 0.717) is 22.4 Å². The first-order valence-corrected chi connectivity index (χ1v) is 9.27. The van der Waals surface area contributed by atoms with E-state index < -0.39 is 17.5 Å². The minimum atomic E-state index is -0.831. The summed E-state index contributed by atoms with van der Waals surface area (Å²) < 4.78 is 15.0. The van der Waals surface area contributed by atoms with Crippen LogP contribution < -0.4 is 5.32 Å². The Balaban J connectivity index is 1.74. The van der Waals surface area contributed by atoms with Crippen LogP contribution in [0.25, 0.3) is 16.6 Å². The molecule has 2 aromatic heterocycles. The molecule has 30 heavy (non-hydrogen) atoms. The standard InChI is InChI=1S/C24H17FN2O3/c1-15(28)17-5-4-6-19(13-17)26-24(30)23(29)22-21(16-8-10-18(25)11-9-16)14-20-7-2-3-12-27(20)22/h2-14H,1H3,(H,26,30). The highest BCUT2D eigenvalue weighted by Gasteiger charge is 2.25. The van der Waals surface area contributed by atoms with Crippen LogP contribution >= 0.6 is 0 Å². The van der Waals surface area contributed by atoms with E-state index in [1.807, 2.05) is 12.1 Å². The highest BCUT2D eigenvalue weighted by Crippen LogP contribution is 2.29. The first kappa shape index (κ1) is 19.3. The highest BCUT2D eigenvalue weighted by molar-refractivity contribution is 6.47. The molecule has 0 radical (unpaired) electrons. The SMILES string of the molecule is CC(=O)c1cccc(NC(=O)C(=O)c2c(-c3ccc(F)cc3)cc3ccccn23)c1. The van der Waals surface area contributed by atoms with E-state index in [1.54, 1.807) is 53.1 Å². The van der Waals surface area contributed by atoms with Crippen molar-refractivity contribution in [2.75, 3.05) is 5.32 Å². The second-order valence-corrected chi connectivity index (χ2v) is 6.83. The van der Waals surface area contributed by atoms with Crippen molar-refractivity contribution in [3.63, 3.8) is 0 Å². The average Bonchev–Trinajstić information content (AvgIpc) is 3.13. The molecule has 0 aliphatic heterocycles. The number of fused-ring (bicyclic) bond motifs is 1. The molecule has 1 N–H and O–H groups in total. The minimum Gasteiger partial charge on any atom is -0.319 e. The van der Waals surface area contributed by atoms with Gasteiger partial charge in [-0.2, -0.15) is 0 Å². The van der Waals surface area contributed by atoms with Crippen molar-refractivity contribution < 1.29 is 18.8 Å². The summed E-state index contributed by atoms with van der Waals surface area (Å²) in [5.41, 5.74) is 2.84. The van der Waals surface area contributed by atoms with Gasteiger partial charge in [-0.3, -0.25) is 14.4 Å². The Labute approximate surface area is 171 Å². The number of carbonyl (C=O) groups is 3. The number of benzene rings is 2. The van der Waals surface area contributed by atoms with Crippen molar-refractivity contribution in [1.82, 2.24) is 4.40 Å². The van der Waals surface area contributed by atoms with Crippen molar-refractivity contribution in [3.05, 3.63) is 96.1 Å². The number of carbonyl (C=O) groups excluding carboxylic acids is 3. The van der Waals surface area contributed by atoms with Gasteiger partial charge >= 0.3 is 0 Å². The number of nitrogens with zero attached hydrogens (tertiary/aromatic N) is 1. The Morgan fingerprint density at radius 2 is 1.67 bits per heavy atom. The molecule has 0 atom stereocenters. The zero-order chi connectivity index (χ0) is 21.3. The van der Waals surface area contributed by atoms with E-state index in [4.69, 9.17) is 0 Å². The number of halogens is 1. The van der Waals surface area contributed by atoms with E-state index >= 15 is 0 Å². The molecule has 148 valence electrons. The van der Waals surface area contributed by atoms with Crippen LogP contribution in [0.3, 0.4) is 0 Å². The van der Waals surface area contributed by atoms with Crippen LogP contribution in [-0.4, -0.2) is 21.9 Å². The topological polar surface area (TPSA) is 67.7 Å². The van der Waals surface area contributed by atoms with Crippen LogP contribution in [0.4, 0.5) is 10.1 Å². The third-order valence-electron chi connectivity index (χ3n) is 4.78. The normalized spacial score (nSPS) is 10.7. The van der Waals surface area contributed by atoms with Crippen LogP contribution in [0.15, 0.2) is 79.0 Å². The molecule has 0 saturated carbocycles. The largest absolute Gasteiger partial charge is 0.319 e. The first-order chi connectivity index (χ1) is 14.4. The molecule has 6 heteroatoms. The van der Waals surface area contributed by atoms with Gasteiger partial charge in [0.1, 0.15) is 11.5 Å². The Kier molecular flexibility index (Phi) is 4.98. The Morgan fingerprint density at radius 3 is 2.40 bits per heavy atom. The number of hydrogen-bond acceptors (Lipinski definition) is 3. The Hall–Kier alpha value is -4.06. The van der Waals surface area contributed by atoms with Crippen molar-refractivity contribution in [3.8, 4) is 11.1 Å². The second-order valence-electron chi connectivity index (χ2n) is 6.83. The first-order valence-electron chi connectivity index (χ1n) is 9.27. The maximum absolute atomic E-state index is 13.4. The van der Waals surface area contributed by atoms with Gasteiger partial charge in [-0.25, -0.2) is 4.39 Å². The number of nitrogens with one attached hydrogen (secondary N) is 1. The fraction of sp³-hybridized carbons (Fsp3) is 0.0417. The van der Waals surface area contributed by atoms with Crippen molar-refractivity contribution in [2.45, 2.75) is 6.92 Å². The van der Waals surface area contributed by atoms with Gasteiger partial charge in [-0.05, 0) is 55.0 Å². The third-order valence-corrected chi connectivity index (χ3v) is 4.78. The number of aromatic nitrogens is 1. The van der Waals surface area contributed by atoms with Gasteiger partial charge in [0.15, 0.2) is 5.78 Å². The molecule has 0 fully saturated rings. The average molecular weight is 400 g/mol. The lowest BCUT2D eigenvalue weighted by atomic mass is 10.0. The van der Waals surface area contributed by atoms with E-state index in [2.05, 4.69) is 5.32 Å². The van der Waals surface area contributed by atoms with E-state index in [9.17, 15) is 18.8 Å². The molecule has 1 amide bonds. The molecule has 2 heterocycles. The van der Waals surface area contributed by atoms with Crippen molar-refractivity contribution in [2.24, 2.45) is 0 Å². The van der Waals surface area contributed by atoms with E-state index in [0.717, 1.165) is 5.52 Å². The maximum atomic E-state index is 13.4. The number of amides is 1. The number of anilines is 1. The molecular formula is C24H17FN2O3. The van der Waals surface area contributed by atoms with Crippen LogP contribution in [0.1, 0.15) is 27.8 Å². The van der Waals surface area contributed by atoms with Crippen LogP contribution in [0.2, 0.25) is 0 Å². The molecule has 0 aliphatic carbocycles. The summed E-state index contributed by atoms with van der Waals surface area (Å²) in [6.07, 6.45) is 1.69. The number of ketones is 2. The molecule has 0 spiro atoms. The van der Waals surface area contributed by atoms with Gasteiger partial charge in [-0.1, -0.05) is 30.3 Å². The lowest BCUT2D eigenvalue weighted by Crippen LogP contribution is -2.24. The van der Waals surface area contributed by atoms with Gasteiger partial charge in [0, 0.05) is 28.5 Å². The summed E-state index contributed by atoms with van der Waals surface area (Å²) >= 11 is 0. The number of hydrogen-bond donors (Lipinski definition) is 1. The molecule has 4 rings (SSSR count). The van der Waals surface area contributed by atoms with Gasteiger partial charge < -0.3 is 9.72 Å². The maximum Gasteiger partial charge on any atom is 0.298 e. The Morgan fingerprint density at radius 1 is 0.900 bits per heavy atom. The molecular weight excluding hydrogens is 383 g/mol. The molecule has 2 aromatic carbocycles. The molecule has 0 bridgehead atoms. The van der Waals surface area contributed by atoms with Crippen LogP contribution in [-0.2, 0) is 4.79 Å². The quantitative estimate of drug-likeness (QED) is 0.388. The molecule has 4 aromatic rings. The zero-order valence-corrected chi connectivity index (χ0v) is 16.1. The smallest absolute Gasteiger partial charge is 0.298 e. The Bertz CT molecular complexity index is 1290. The summed E-state index contributed by atoms with van der Waals surface area (Å²) in [7, 11) is 0. The molecule has 0 aliphatic rings. The summed E-state index contributed by atoms with van der Waals surface area (Å²) in [6.45, 7) is 1.42. The summed E-state index contributed by atoms with van der Waals surface area (Å²) in [4.78, 5) is 37.5. The number of pyridine rings is 1. The zero-order valence-electron chi connectivity index (χ0n) is 16.1. The lowest BCUT2D eigenvalue weighted by molar-refractivity contribution is -0.112. The fourth-order valence-electron chi connectivity index (χ4n) is 3.32. The summed E-state index contributed by atoms with van der Waals surface area (Å²) in [5, 5.41) is 2.56. The number of rotatable bonds is 5. The van der Waals surface area contributed by atoms with Crippen LogP contribution in [0, 0.1) is 5.82 Å². The van der Waals surface area contributed by atoms with Gasteiger partial charge in [0.05, 0.1) is 0 Å². The van der Waals surface area contributed by atoms with Crippen LogP contribution in [0.5, 0.6) is 0 Å². The molecule has 5 nitrogen and oxygen atoms in total. The summed E-state index contributed by atoms with van der Waals surface area (Å²) in [5.74, 6) is -2.11. The van der Waals surface area contributed by atoms with Gasteiger partial charge in [0.2, 0.25) is 0 Å². The molecule has 0 saturated heterocycles. The van der Waals surface area contributed by atoms with Crippen molar-refractivity contribution >= 4 is 28.7 Å². The van der Waals surface area contributed by atoms with Gasteiger partial charge in [0.25, 0.3) is 11.7 Å². The predicted octanol–water partition coefficient (Wildman–Crippen LogP) is 4.77. The lowest BCUT2D eigenvalue weighted by Gasteiger charge is -2.08. The minimum absolute atomic E-state index is 0.145.